The van der Waals surface area contributed by atoms with Crippen LogP contribution in [0.1, 0.15) is 13.3 Å². The SMILES string of the molecule is CCCOc1ccc(S(=O)(=O)Nc2ccc(Cl)cn2)c2ccccc12. The van der Waals surface area contributed by atoms with Gasteiger partial charge in [0.1, 0.15) is 11.6 Å². The molecule has 0 radical (unpaired) electrons. The lowest BCUT2D eigenvalue weighted by Gasteiger charge is -2.13. The van der Waals surface area contributed by atoms with Crippen molar-refractivity contribution < 1.29 is 13.2 Å². The van der Waals surface area contributed by atoms with Gasteiger partial charge < -0.3 is 4.74 Å². The largest absolute Gasteiger partial charge is 0.493 e. The minimum atomic E-state index is -3.80. The summed E-state index contributed by atoms with van der Waals surface area (Å²) in [4.78, 5) is 4.15. The van der Waals surface area contributed by atoms with Crippen molar-refractivity contribution in [3.05, 3.63) is 59.8 Å². The Labute approximate surface area is 151 Å². The quantitative estimate of drug-likeness (QED) is 0.688. The van der Waals surface area contributed by atoms with E-state index < -0.39 is 10.0 Å². The number of anilines is 1. The first kappa shape index (κ1) is 17.5. The molecule has 2 aromatic carbocycles. The molecule has 1 aromatic heterocycles. The molecule has 0 spiro atoms. The Morgan fingerprint density at radius 3 is 2.52 bits per heavy atom. The van der Waals surface area contributed by atoms with Gasteiger partial charge >= 0.3 is 0 Å². The molecule has 0 amide bonds. The molecule has 0 bridgehead atoms. The van der Waals surface area contributed by atoms with Crippen LogP contribution in [-0.2, 0) is 10.0 Å². The molecule has 0 aliphatic heterocycles. The maximum atomic E-state index is 12.8. The van der Waals surface area contributed by atoms with Crippen LogP contribution in [0.2, 0.25) is 5.02 Å². The predicted molar refractivity (Wildman–Crippen MR) is 99.8 cm³/mol. The summed E-state index contributed by atoms with van der Waals surface area (Å²) in [5.41, 5.74) is 0. The van der Waals surface area contributed by atoms with E-state index >= 15 is 0 Å². The molecule has 0 saturated carbocycles. The van der Waals surface area contributed by atoms with Crippen LogP contribution in [0.15, 0.2) is 59.6 Å². The third-order valence-corrected chi connectivity index (χ3v) is 5.20. The van der Waals surface area contributed by atoms with Gasteiger partial charge in [0.05, 0.1) is 16.5 Å². The van der Waals surface area contributed by atoms with Crippen molar-refractivity contribution in [1.82, 2.24) is 4.98 Å². The number of nitrogens with zero attached hydrogens (tertiary/aromatic N) is 1. The first-order valence-corrected chi connectivity index (χ1v) is 9.66. The average Bonchev–Trinajstić information content (AvgIpc) is 2.61. The molecule has 0 aliphatic carbocycles. The summed E-state index contributed by atoms with van der Waals surface area (Å²) in [6.07, 6.45) is 2.26. The smallest absolute Gasteiger partial charge is 0.263 e. The molecule has 5 nitrogen and oxygen atoms in total. The first-order chi connectivity index (χ1) is 12.0. The molecule has 25 heavy (non-hydrogen) atoms. The standard InChI is InChI=1S/C18H17ClN2O3S/c1-2-11-24-16-8-9-17(15-6-4-3-5-14(15)16)25(22,23)21-18-10-7-13(19)12-20-18/h3-10,12H,2,11H2,1H3,(H,20,21). The van der Waals surface area contributed by atoms with Crippen molar-refractivity contribution in [2.75, 3.05) is 11.3 Å². The predicted octanol–water partition coefficient (Wildman–Crippen LogP) is 4.48. The second kappa shape index (κ2) is 7.29. The van der Waals surface area contributed by atoms with Crippen LogP contribution in [0.3, 0.4) is 0 Å². The second-order valence-corrected chi connectivity index (χ2v) is 7.51. The third kappa shape index (κ3) is 3.86. The maximum absolute atomic E-state index is 12.8. The number of benzene rings is 2. The number of aromatic nitrogens is 1. The normalized spacial score (nSPS) is 11.4. The first-order valence-electron chi connectivity index (χ1n) is 7.80. The lowest BCUT2D eigenvalue weighted by Crippen LogP contribution is -2.14. The van der Waals surface area contributed by atoms with Crippen LogP contribution in [0, 0.1) is 0 Å². The summed E-state index contributed by atoms with van der Waals surface area (Å²) in [5, 5.41) is 1.78. The van der Waals surface area contributed by atoms with E-state index in [2.05, 4.69) is 9.71 Å². The second-order valence-electron chi connectivity index (χ2n) is 5.42. The van der Waals surface area contributed by atoms with E-state index in [9.17, 15) is 8.42 Å². The Balaban J connectivity index is 2.04. The van der Waals surface area contributed by atoms with Crippen LogP contribution in [-0.4, -0.2) is 20.0 Å². The Bertz CT molecular complexity index is 989. The molecular formula is C18H17ClN2O3S. The van der Waals surface area contributed by atoms with Gasteiger partial charge in [-0.3, -0.25) is 4.72 Å². The topological polar surface area (TPSA) is 68.3 Å². The molecule has 1 N–H and O–H groups in total. The fraction of sp³-hybridized carbons (Fsp3) is 0.167. The zero-order valence-electron chi connectivity index (χ0n) is 13.6. The zero-order chi connectivity index (χ0) is 17.9. The summed E-state index contributed by atoms with van der Waals surface area (Å²) in [5.74, 6) is 0.876. The minimum Gasteiger partial charge on any atom is -0.493 e. The summed E-state index contributed by atoms with van der Waals surface area (Å²) in [7, 11) is -3.80. The van der Waals surface area contributed by atoms with E-state index in [4.69, 9.17) is 16.3 Å². The molecule has 130 valence electrons. The van der Waals surface area contributed by atoms with E-state index in [1.807, 2.05) is 19.1 Å². The van der Waals surface area contributed by atoms with E-state index in [1.165, 1.54) is 12.3 Å². The molecule has 0 atom stereocenters. The van der Waals surface area contributed by atoms with Crippen LogP contribution >= 0.6 is 11.6 Å². The Kier molecular flexibility index (Phi) is 5.11. The van der Waals surface area contributed by atoms with Crippen molar-refractivity contribution in [3.8, 4) is 5.75 Å². The van der Waals surface area contributed by atoms with Crippen molar-refractivity contribution in [3.63, 3.8) is 0 Å². The minimum absolute atomic E-state index is 0.170. The summed E-state index contributed by atoms with van der Waals surface area (Å²) < 4.78 is 33.8. The number of halogens is 1. The highest BCUT2D eigenvalue weighted by atomic mass is 35.5. The molecule has 0 unspecified atom stereocenters. The van der Waals surface area contributed by atoms with Gasteiger partial charge in [-0.1, -0.05) is 42.8 Å². The lowest BCUT2D eigenvalue weighted by atomic mass is 10.1. The van der Waals surface area contributed by atoms with Crippen molar-refractivity contribution >= 4 is 38.2 Å². The van der Waals surface area contributed by atoms with Gasteiger partial charge in [0.15, 0.2) is 0 Å². The monoisotopic (exact) mass is 376 g/mol. The highest BCUT2D eigenvalue weighted by molar-refractivity contribution is 7.93. The number of rotatable bonds is 6. The van der Waals surface area contributed by atoms with Crippen LogP contribution in [0.25, 0.3) is 10.8 Å². The fourth-order valence-electron chi connectivity index (χ4n) is 2.44. The van der Waals surface area contributed by atoms with E-state index in [0.717, 1.165) is 11.8 Å². The van der Waals surface area contributed by atoms with Gasteiger partial charge in [-0.05, 0) is 30.7 Å². The van der Waals surface area contributed by atoms with Gasteiger partial charge in [0.25, 0.3) is 10.0 Å². The number of fused-ring (bicyclic) bond motifs is 1. The van der Waals surface area contributed by atoms with E-state index in [1.54, 1.807) is 30.3 Å². The Hall–Kier alpha value is -2.31. The van der Waals surface area contributed by atoms with Crippen LogP contribution < -0.4 is 9.46 Å². The number of ether oxygens (including phenoxy) is 1. The zero-order valence-corrected chi connectivity index (χ0v) is 15.1. The highest BCUT2D eigenvalue weighted by Crippen LogP contribution is 2.32. The number of hydrogen-bond acceptors (Lipinski definition) is 4. The van der Waals surface area contributed by atoms with Gasteiger partial charge in [-0.15, -0.1) is 0 Å². The number of nitrogens with one attached hydrogen (secondary N) is 1. The highest BCUT2D eigenvalue weighted by Gasteiger charge is 2.19. The van der Waals surface area contributed by atoms with E-state index in [-0.39, 0.29) is 10.7 Å². The van der Waals surface area contributed by atoms with E-state index in [0.29, 0.717) is 22.8 Å². The fourth-order valence-corrected chi connectivity index (χ4v) is 3.78. The Morgan fingerprint density at radius 1 is 1.08 bits per heavy atom. The molecule has 0 aliphatic rings. The summed E-state index contributed by atoms with van der Waals surface area (Å²) in [6, 6.07) is 13.6. The molecule has 1 heterocycles. The molecule has 3 rings (SSSR count). The molecule has 0 saturated heterocycles. The Morgan fingerprint density at radius 2 is 1.84 bits per heavy atom. The van der Waals surface area contributed by atoms with Gasteiger partial charge in [-0.2, -0.15) is 0 Å². The molecular weight excluding hydrogens is 360 g/mol. The van der Waals surface area contributed by atoms with Crippen molar-refractivity contribution in [1.29, 1.82) is 0 Å². The molecule has 3 aromatic rings. The number of hydrogen-bond donors (Lipinski definition) is 1. The van der Waals surface area contributed by atoms with Crippen LogP contribution in [0.5, 0.6) is 5.75 Å². The summed E-state index contributed by atoms with van der Waals surface area (Å²) >= 11 is 5.78. The van der Waals surface area contributed by atoms with Gasteiger partial charge in [0, 0.05) is 17.0 Å². The number of sulfonamides is 1. The van der Waals surface area contributed by atoms with Gasteiger partial charge in [0.2, 0.25) is 0 Å². The van der Waals surface area contributed by atoms with Crippen molar-refractivity contribution in [2.24, 2.45) is 0 Å². The average molecular weight is 377 g/mol. The van der Waals surface area contributed by atoms with Crippen LogP contribution in [0.4, 0.5) is 5.82 Å². The lowest BCUT2D eigenvalue weighted by molar-refractivity contribution is 0.321. The van der Waals surface area contributed by atoms with Gasteiger partial charge in [-0.25, -0.2) is 13.4 Å². The summed E-state index contributed by atoms with van der Waals surface area (Å²) in [6.45, 7) is 2.59. The third-order valence-electron chi connectivity index (χ3n) is 3.56. The number of pyridine rings is 1. The maximum Gasteiger partial charge on any atom is 0.263 e. The van der Waals surface area contributed by atoms with Crippen molar-refractivity contribution in [2.45, 2.75) is 18.2 Å². The molecule has 7 heteroatoms. The molecule has 0 fully saturated rings.